The molecule has 0 aliphatic heterocycles. The first-order chi connectivity index (χ1) is 29.5. The monoisotopic (exact) mass is 924 g/mol. The van der Waals surface area contributed by atoms with Crippen molar-refractivity contribution in [2.24, 2.45) is 5.73 Å². The number of halogens is 1. The summed E-state index contributed by atoms with van der Waals surface area (Å²) in [5.74, 6) is 0. The minimum atomic E-state index is -3.52. The number of carbonyl (C=O) groups excluding carboxylic acids is 2. The Balaban J connectivity index is 0.000000232. The van der Waals surface area contributed by atoms with Crippen molar-refractivity contribution in [1.82, 2.24) is 15.1 Å². The van der Waals surface area contributed by atoms with E-state index in [1.54, 1.807) is 85.7 Å². The first-order valence-electron chi connectivity index (χ1n) is 21.3. The number of alkyl halides is 1. The summed E-state index contributed by atoms with van der Waals surface area (Å²) < 4.78 is 61.5. The zero-order chi connectivity index (χ0) is 46.6. The number of nitrogens with two attached hydrogens (primary N) is 1. The molecule has 344 valence electrons. The maximum Gasteiger partial charge on any atom is 0.410 e. The second-order valence-electron chi connectivity index (χ2n) is 17.7. The van der Waals surface area contributed by atoms with Crippen LogP contribution < -0.4 is 11.1 Å². The number of fused-ring (bicyclic) bond motifs is 2. The van der Waals surface area contributed by atoms with Gasteiger partial charge in [0.1, 0.15) is 11.2 Å². The van der Waals surface area contributed by atoms with Gasteiger partial charge in [0.15, 0.2) is 0 Å². The molecule has 0 saturated heterocycles. The van der Waals surface area contributed by atoms with Gasteiger partial charge < -0.3 is 30.3 Å². The molecular formula is C48H65ClN4O8S2. The largest absolute Gasteiger partial charge is 0.444 e. The summed E-state index contributed by atoms with van der Waals surface area (Å²) in [6.45, 7) is 13.2. The van der Waals surface area contributed by atoms with Crippen molar-refractivity contribution in [3.63, 3.8) is 0 Å². The number of nitrogens with zero attached hydrogens (tertiary/aromatic N) is 2. The first-order valence-corrected chi connectivity index (χ1v) is 24.8. The minimum absolute atomic E-state index is 0.00669. The number of rotatable bonds is 10. The van der Waals surface area contributed by atoms with Crippen molar-refractivity contribution in [3.8, 4) is 0 Å². The first kappa shape index (κ1) is 51.2. The van der Waals surface area contributed by atoms with Crippen LogP contribution in [0.25, 0.3) is 0 Å². The van der Waals surface area contributed by atoms with Crippen LogP contribution in [-0.2, 0) is 42.0 Å². The molecule has 2 atom stereocenters. The van der Waals surface area contributed by atoms with E-state index in [0.29, 0.717) is 45.8 Å². The third-order valence-corrected chi connectivity index (χ3v) is 14.2. The van der Waals surface area contributed by atoms with Crippen molar-refractivity contribution >= 4 is 43.5 Å². The van der Waals surface area contributed by atoms with E-state index in [-0.39, 0.29) is 23.6 Å². The lowest BCUT2D eigenvalue weighted by molar-refractivity contribution is 0.0291. The Labute approximate surface area is 380 Å². The molecule has 4 aromatic carbocycles. The van der Waals surface area contributed by atoms with Gasteiger partial charge in [0.25, 0.3) is 0 Å². The molecule has 0 fully saturated rings. The molecule has 0 spiro atoms. The van der Waals surface area contributed by atoms with Crippen LogP contribution in [0.3, 0.4) is 0 Å². The van der Waals surface area contributed by atoms with Gasteiger partial charge in [-0.05, 0) is 151 Å². The number of ether oxygens (including phenoxy) is 2. The lowest BCUT2D eigenvalue weighted by Gasteiger charge is -2.28. The fraction of sp³-hybridized carbons (Fsp3) is 0.458. The molecule has 0 aromatic heterocycles. The second-order valence-corrected chi connectivity index (χ2v) is 22.1. The van der Waals surface area contributed by atoms with Crippen LogP contribution in [0.2, 0.25) is 0 Å². The number of hydrogen-bond acceptors (Lipinski definition) is 10. The Bertz CT molecular complexity index is 2350. The topological polar surface area (TPSA) is 165 Å². The second kappa shape index (κ2) is 22.4. The van der Waals surface area contributed by atoms with Crippen molar-refractivity contribution in [2.45, 2.75) is 122 Å². The van der Waals surface area contributed by atoms with E-state index in [4.69, 9.17) is 26.8 Å². The molecule has 0 bridgehead atoms. The standard InChI is InChI=1S/C24H32N2O4S.C16H15ClO2S.C8H18N2O2/c1-24(2,3)30-23(27)26(4)16-15-25-22-12-8-9-18-17-20(13-14-21(18)22)31(28,29)19-10-6-5-7-11-19;17-16-8-4-5-12-11-14(9-10-15(12)16)20(18,19)13-6-2-1-3-7-13;1-8(2,3)12-7(11)10(4)6-5-9/h5-7,10-11,13-14,17,22,25H,8-9,12,15-16H2,1-4H3;1-3,6-7,9-11,16H,4-5,8H2;5-6,9H2,1-4H3. The zero-order valence-electron chi connectivity index (χ0n) is 37.9. The molecule has 2 amide bonds. The molecule has 2 unspecified atom stereocenters. The highest BCUT2D eigenvalue weighted by Gasteiger charge is 2.26. The van der Waals surface area contributed by atoms with Gasteiger partial charge in [-0.15, -0.1) is 11.6 Å². The Kier molecular flexibility index (Phi) is 18.2. The Morgan fingerprint density at radius 3 is 1.54 bits per heavy atom. The van der Waals surface area contributed by atoms with Gasteiger partial charge in [-0.3, -0.25) is 0 Å². The molecule has 3 N–H and O–H groups in total. The van der Waals surface area contributed by atoms with Crippen LogP contribution in [0, 0.1) is 0 Å². The third kappa shape index (κ3) is 15.1. The van der Waals surface area contributed by atoms with Gasteiger partial charge in [-0.1, -0.05) is 48.5 Å². The summed E-state index contributed by atoms with van der Waals surface area (Å²) in [4.78, 5) is 27.7. The molecule has 2 aliphatic rings. The molecule has 2 aliphatic carbocycles. The number of aryl methyl sites for hydroxylation is 2. The predicted octanol–water partition coefficient (Wildman–Crippen LogP) is 9.30. The molecular weight excluding hydrogens is 860 g/mol. The number of carbonyl (C=O) groups is 2. The smallest absolute Gasteiger partial charge is 0.410 e. The van der Waals surface area contributed by atoms with Crippen LogP contribution in [0.15, 0.2) is 117 Å². The number of likely N-dealkylation sites (N-methyl/N-ethyl adjacent to an activating group) is 2. The average molecular weight is 926 g/mol. The summed E-state index contributed by atoms with van der Waals surface area (Å²) in [6.07, 6.45) is 5.03. The summed E-state index contributed by atoms with van der Waals surface area (Å²) >= 11 is 6.28. The average Bonchev–Trinajstić information content (AvgIpc) is 3.23. The number of benzene rings is 4. The quantitative estimate of drug-likeness (QED) is 0.147. The molecule has 15 heteroatoms. The zero-order valence-corrected chi connectivity index (χ0v) is 40.3. The highest BCUT2D eigenvalue weighted by atomic mass is 35.5. The lowest BCUT2D eigenvalue weighted by atomic mass is 9.88. The summed E-state index contributed by atoms with van der Waals surface area (Å²) in [5.41, 5.74) is 8.68. The number of nitrogens with one attached hydrogen (secondary N) is 1. The van der Waals surface area contributed by atoms with Crippen molar-refractivity contribution < 1.29 is 35.9 Å². The van der Waals surface area contributed by atoms with E-state index in [2.05, 4.69) is 5.32 Å². The van der Waals surface area contributed by atoms with E-state index in [9.17, 15) is 26.4 Å². The minimum Gasteiger partial charge on any atom is -0.444 e. The van der Waals surface area contributed by atoms with Gasteiger partial charge in [-0.25, -0.2) is 26.4 Å². The van der Waals surface area contributed by atoms with Crippen LogP contribution >= 0.6 is 11.6 Å². The SMILES string of the molecule is CN(CCN)C(=O)OC(C)(C)C.CN(CCNC1CCCc2cc(S(=O)(=O)c3ccccc3)ccc21)C(=O)OC(C)(C)C.O=S(=O)(c1ccccc1)c1ccc2c(c1)CCCC2Cl. The van der Waals surface area contributed by atoms with Crippen molar-refractivity contribution in [2.75, 3.05) is 40.3 Å². The van der Waals surface area contributed by atoms with Crippen LogP contribution in [-0.4, -0.2) is 90.3 Å². The Morgan fingerprint density at radius 1 is 0.651 bits per heavy atom. The van der Waals surface area contributed by atoms with E-state index < -0.39 is 30.9 Å². The number of hydrogen-bond donors (Lipinski definition) is 2. The highest BCUT2D eigenvalue weighted by molar-refractivity contribution is 7.91. The van der Waals surface area contributed by atoms with Crippen LogP contribution in [0.5, 0.6) is 0 Å². The van der Waals surface area contributed by atoms with E-state index in [1.165, 1.54) is 4.90 Å². The number of sulfone groups is 2. The summed E-state index contributed by atoms with van der Waals surface area (Å²) in [6, 6.07) is 28.0. The fourth-order valence-corrected chi connectivity index (χ4v) is 10.0. The third-order valence-electron chi connectivity index (χ3n) is 10.2. The lowest BCUT2D eigenvalue weighted by Crippen LogP contribution is -2.39. The van der Waals surface area contributed by atoms with E-state index in [1.807, 2.05) is 71.9 Å². The molecule has 63 heavy (non-hydrogen) atoms. The molecule has 6 rings (SSSR count). The maximum atomic E-state index is 12.9. The number of amides is 2. The molecule has 0 saturated carbocycles. The Hall–Kier alpha value is -4.47. The maximum absolute atomic E-state index is 12.9. The van der Waals surface area contributed by atoms with Gasteiger partial charge in [-0.2, -0.15) is 0 Å². The van der Waals surface area contributed by atoms with Crippen molar-refractivity contribution in [1.29, 1.82) is 0 Å². The van der Waals surface area contributed by atoms with Gasteiger partial charge in [0, 0.05) is 46.3 Å². The summed E-state index contributed by atoms with van der Waals surface area (Å²) in [7, 11) is -3.56. The molecule has 0 radical (unpaired) electrons. The van der Waals surface area contributed by atoms with E-state index in [0.717, 1.165) is 60.8 Å². The fourth-order valence-electron chi connectivity index (χ4n) is 7.00. The van der Waals surface area contributed by atoms with Gasteiger partial charge in [0.2, 0.25) is 19.7 Å². The summed E-state index contributed by atoms with van der Waals surface area (Å²) in [5, 5.41) is 3.52. The predicted molar refractivity (Wildman–Crippen MR) is 249 cm³/mol. The Morgan fingerprint density at radius 2 is 1.08 bits per heavy atom. The highest BCUT2D eigenvalue weighted by Crippen LogP contribution is 2.37. The normalized spacial score (nSPS) is 16.1. The van der Waals surface area contributed by atoms with Gasteiger partial charge in [0.05, 0.1) is 25.0 Å². The molecule has 12 nitrogen and oxygen atoms in total. The van der Waals surface area contributed by atoms with E-state index >= 15 is 0 Å². The van der Waals surface area contributed by atoms with Crippen molar-refractivity contribution in [3.05, 3.63) is 119 Å². The van der Waals surface area contributed by atoms with Gasteiger partial charge >= 0.3 is 12.2 Å². The molecule has 0 heterocycles. The van der Waals surface area contributed by atoms with Crippen LogP contribution in [0.4, 0.5) is 9.59 Å². The van der Waals surface area contributed by atoms with Crippen LogP contribution in [0.1, 0.15) is 101 Å². The molecule has 4 aromatic rings.